The molecule has 0 spiro atoms. The van der Waals surface area contributed by atoms with Crippen molar-refractivity contribution in [3.8, 4) is 0 Å². The predicted octanol–water partition coefficient (Wildman–Crippen LogP) is 1.15. The van der Waals surface area contributed by atoms with Gasteiger partial charge in [-0.05, 0) is 31.4 Å². The van der Waals surface area contributed by atoms with Crippen molar-refractivity contribution in [1.29, 1.82) is 0 Å². The smallest absolute Gasteiger partial charge is 0.241 e. The van der Waals surface area contributed by atoms with Gasteiger partial charge in [0.25, 0.3) is 0 Å². The van der Waals surface area contributed by atoms with Crippen LogP contribution in [0, 0.1) is 12.8 Å². The number of carbonyl (C=O) groups is 2. The van der Waals surface area contributed by atoms with Gasteiger partial charge in [-0.25, -0.2) is 4.98 Å². The van der Waals surface area contributed by atoms with Gasteiger partial charge in [0.1, 0.15) is 12.2 Å². The van der Waals surface area contributed by atoms with Crippen LogP contribution < -0.4 is 0 Å². The van der Waals surface area contributed by atoms with E-state index in [-0.39, 0.29) is 30.3 Å². The van der Waals surface area contributed by atoms with Crippen LogP contribution in [-0.4, -0.2) is 75.7 Å². The molecule has 0 unspecified atom stereocenters. The van der Waals surface area contributed by atoms with E-state index in [1.54, 1.807) is 19.0 Å². The first-order valence-electron chi connectivity index (χ1n) is 9.58. The van der Waals surface area contributed by atoms with Gasteiger partial charge in [-0.2, -0.15) is 0 Å². The van der Waals surface area contributed by atoms with E-state index >= 15 is 0 Å². The Morgan fingerprint density at radius 2 is 2.04 bits per heavy atom. The number of carbonyl (C=O) groups excluding carboxylic acids is 2. The van der Waals surface area contributed by atoms with Gasteiger partial charge < -0.3 is 14.2 Å². The standard InChI is InChI=1S/C20H27N5O2/c1-14-4-7-18-21-16(11-24(18)8-14)10-23-9-15-5-6-17(12-23)25(20(15)27)13-19(26)22(2)3/h4,7-8,11,15,17H,5-6,9-10,12-13H2,1-3H3/t15-,17+/m0/s1. The number of rotatable bonds is 4. The molecule has 3 fully saturated rings. The number of amides is 2. The molecule has 2 atom stereocenters. The second-order valence-electron chi connectivity index (χ2n) is 8.08. The van der Waals surface area contributed by atoms with Crippen LogP contribution in [0.15, 0.2) is 24.5 Å². The topological polar surface area (TPSA) is 61.2 Å². The maximum Gasteiger partial charge on any atom is 0.241 e. The fraction of sp³-hybridized carbons (Fsp3) is 0.550. The summed E-state index contributed by atoms with van der Waals surface area (Å²) >= 11 is 0. The summed E-state index contributed by atoms with van der Waals surface area (Å²) in [6, 6.07) is 4.21. The fourth-order valence-electron chi connectivity index (χ4n) is 4.21. The van der Waals surface area contributed by atoms with Crippen molar-refractivity contribution in [2.45, 2.75) is 32.4 Å². The monoisotopic (exact) mass is 369 g/mol. The van der Waals surface area contributed by atoms with Gasteiger partial charge in [-0.1, -0.05) is 6.07 Å². The van der Waals surface area contributed by atoms with E-state index in [0.29, 0.717) is 0 Å². The number of pyridine rings is 1. The summed E-state index contributed by atoms with van der Waals surface area (Å²) in [5, 5.41) is 0. The zero-order valence-electron chi connectivity index (χ0n) is 16.3. The predicted molar refractivity (Wildman–Crippen MR) is 102 cm³/mol. The minimum Gasteiger partial charge on any atom is -0.347 e. The molecule has 0 aliphatic carbocycles. The SMILES string of the molecule is Cc1ccc2nc(CN3C[C@@H]4CC[C@H](C3)N(CC(=O)N(C)C)C4=O)cn2c1. The number of likely N-dealkylation sites (N-methyl/N-ethyl adjacent to an activating group) is 1. The zero-order chi connectivity index (χ0) is 19.1. The fourth-order valence-corrected chi connectivity index (χ4v) is 4.21. The summed E-state index contributed by atoms with van der Waals surface area (Å²) in [5.41, 5.74) is 3.17. The average molecular weight is 369 g/mol. The van der Waals surface area contributed by atoms with Crippen LogP contribution in [0.4, 0.5) is 0 Å². The Kier molecular flexibility index (Phi) is 4.63. The summed E-state index contributed by atoms with van der Waals surface area (Å²) in [6.07, 6.45) is 6.04. The number of piperidine rings is 1. The van der Waals surface area contributed by atoms with Gasteiger partial charge in [0, 0.05) is 52.2 Å². The lowest BCUT2D eigenvalue weighted by molar-refractivity contribution is -0.145. The van der Waals surface area contributed by atoms with E-state index in [1.807, 2.05) is 11.0 Å². The number of aryl methyl sites for hydroxylation is 1. The molecule has 0 aromatic carbocycles. The van der Waals surface area contributed by atoms with Crippen molar-refractivity contribution >= 4 is 17.5 Å². The van der Waals surface area contributed by atoms with Gasteiger partial charge in [0.15, 0.2) is 0 Å². The molecule has 2 bridgehead atoms. The van der Waals surface area contributed by atoms with Crippen LogP contribution in [0.1, 0.15) is 24.1 Å². The number of nitrogens with zero attached hydrogens (tertiary/aromatic N) is 5. The summed E-state index contributed by atoms with van der Waals surface area (Å²) in [7, 11) is 3.47. The van der Waals surface area contributed by atoms with Crippen molar-refractivity contribution in [1.82, 2.24) is 24.1 Å². The lowest BCUT2D eigenvalue weighted by Crippen LogP contribution is -2.51. The molecule has 3 aliphatic heterocycles. The number of aromatic nitrogens is 2. The van der Waals surface area contributed by atoms with Crippen molar-refractivity contribution < 1.29 is 9.59 Å². The lowest BCUT2D eigenvalue weighted by Gasteiger charge is -2.36. The van der Waals surface area contributed by atoms with Gasteiger partial charge in [0.05, 0.1) is 11.6 Å². The number of hydrogen-bond acceptors (Lipinski definition) is 4. The summed E-state index contributed by atoms with van der Waals surface area (Å²) in [5.74, 6) is 0.103. The molecule has 7 nitrogen and oxygen atoms in total. The second-order valence-corrected chi connectivity index (χ2v) is 8.08. The van der Waals surface area contributed by atoms with Gasteiger partial charge in [0.2, 0.25) is 11.8 Å². The van der Waals surface area contributed by atoms with Crippen molar-refractivity contribution in [3.63, 3.8) is 0 Å². The third-order valence-corrected chi connectivity index (χ3v) is 5.71. The van der Waals surface area contributed by atoms with E-state index in [1.165, 1.54) is 5.56 Å². The molecule has 3 aliphatic rings. The summed E-state index contributed by atoms with van der Waals surface area (Å²) in [4.78, 5) is 35.4. The molecule has 144 valence electrons. The highest BCUT2D eigenvalue weighted by Crippen LogP contribution is 2.29. The molecular formula is C20H27N5O2. The van der Waals surface area contributed by atoms with E-state index in [0.717, 1.165) is 43.8 Å². The quantitative estimate of drug-likeness (QED) is 0.811. The average Bonchev–Trinajstić information content (AvgIpc) is 2.82. The Hall–Kier alpha value is -2.41. The Bertz CT molecular complexity index is 874. The molecular weight excluding hydrogens is 342 g/mol. The summed E-state index contributed by atoms with van der Waals surface area (Å²) < 4.78 is 2.06. The maximum atomic E-state index is 12.9. The van der Waals surface area contributed by atoms with Crippen molar-refractivity contribution in [2.24, 2.45) is 5.92 Å². The number of imidazole rings is 1. The zero-order valence-corrected chi connectivity index (χ0v) is 16.3. The molecule has 3 saturated heterocycles. The molecule has 0 N–H and O–H groups in total. The van der Waals surface area contributed by atoms with Crippen LogP contribution in [0.3, 0.4) is 0 Å². The minimum atomic E-state index is -0.0158. The van der Waals surface area contributed by atoms with Crippen LogP contribution in [-0.2, 0) is 16.1 Å². The van der Waals surface area contributed by atoms with Crippen molar-refractivity contribution in [3.05, 3.63) is 35.8 Å². The second kappa shape index (κ2) is 6.96. The number of hydrogen-bond donors (Lipinski definition) is 0. The first-order chi connectivity index (χ1) is 12.9. The molecule has 5 heterocycles. The largest absolute Gasteiger partial charge is 0.347 e. The molecule has 27 heavy (non-hydrogen) atoms. The molecule has 7 heteroatoms. The Morgan fingerprint density at radius 3 is 2.81 bits per heavy atom. The van der Waals surface area contributed by atoms with Gasteiger partial charge in [-0.3, -0.25) is 14.5 Å². The van der Waals surface area contributed by atoms with Crippen LogP contribution in [0.2, 0.25) is 0 Å². The molecule has 0 saturated carbocycles. The van der Waals surface area contributed by atoms with E-state index < -0.39 is 0 Å². The highest BCUT2D eigenvalue weighted by molar-refractivity contribution is 5.86. The van der Waals surface area contributed by atoms with E-state index in [2.05, 4.69) is 34.7 Å². The highest BCUT2D eigenvalue weighted by atomic mass is 16.2. The van der Waals surface area contributed by atoms with Crippen LogP contribution in [0.5, 0.6) is 0 Å². The van der Waals surface area contributed by atoms with Crippen molar-refractivity contribution in [2.75, 3.05) is 33.7 Å². The molecule has 2 aromatic heterocycles. The molecule has 2 amide bonds. The highest BCUT2D eigenvalue weighted by Gasteiger charge is 2.41. The Morgan fingerprint density at radius 1 is 1.22 bits per heavy atom. The first kappa shape index (κ1) is 18.0. The van der Waals surface area contributed by atoms with E-state index in [4.69, 9.17) is 4.98 Å². The number of fused-ring (bicyclic) bond motifs is 5. The normalized spacial score (nSPS) is 23.1. The molecule has 0 radical (unpaired) electrons. The summed E-state index contributed by atoms with van der Waals surface area (Å²) in [6.45, 7) is 4.54. The van der Waals surface area contributed by atoms with Crippen LogP contribution in [0.25, 0.3) is 5.65 Å². The van der Waals surface area contributed by atoms with E-state index in [9.17, 15) is 9.59 Å². The lowest BCUT2D eigenvalue weighted by atomic mass is 9.94. The molecule has 5 rings (SSSR count). The maximum absolute atomic E-state index is 12.9. The third-order valence-electron chi connectivity index (χ3n) is 5.71. The van der Waals surface area contributed by atoms with Gasteiger partial charge >= 0.3 is 0 Å². The molecule has 2 aromatic rings. The first-order valence-corrected chi connectivity index (χ1v) is 9.58. The van der Waals surface area contributed by atoms with Crippen LogP contribution >= 0.6 is 0 Å². The third kappa shape index (κ3) is 3.56. The Labute approximate surface area is 159 Å². The van der Waals surface area contributed by atoms with Gasteiger partial charge in [-0.15, -0.1) is 0 Å². The Balaban J connectivity index is 1.50. The minimum absolute atomic E-state index is 0.0156.